The standard InChI is InChI=1S/C17H18N2O4S/c1-19-16(21)11-8-13(20)18-15(14(11)17(19)24-4)10-6-5-9(22-2)7-12(10)23-3/h5-8,17H,1-4H3,(H,18,20). The monoisotopic (exact) mass is 346 g/mol. The highest BCUT2D eigenvalue weighted by atomic mass is 32.2. The molecule has 2 heterocycles. The van der Waals surface area contributed by atoms with Gasteiger partial charge in [0.1, 0.15) is 16.9 Å². The number of ether oxygens (including phenoxy) is 2. The molecule has 1 atom stereocenters. The number of rotatable bonds is 4. The molecule has 1 amide bonds. The number of methoxy groups -OCH3 is 2. The van der Waals surface area contributed by atoms with Gasteiger partial charge in [-0.2, -0.15) is 0 Å². The number of carbonyl (C=O) groups excluding carboxylic acids is 1. The number of benzene rings is 1. The normalized spacial score (nSPS) is 16.2. The number of fused-ring (bicyclic) bond motifs is 1. The van der Waals surface area contributed by atoms with Crippen molar-refractivity contribution in [2.45, 2.75) is 5.37 Å². The first-order valence-corrected chi connectivity index (χ1v) is 8.60. The van der Waals surface area contributed by atoms with E-state index in [1.807, 2.05) is 12.3 Å². The van der Waals surface area contributed by atoms with Crippen LogP contribution < -0.4 is 15.0 Å². The molecule has 0 spiro atoms. The summed E-state index contributed by atoms with van der Waals surface area (Å²) < 4.78 is 10.7. The second-order valence-corrected chi connectivity index (χ2v) is 6.32. The van der Waals surface area contributed by atoms with Crippen molar-refractivity contribution in [1.82, 2.24) is 9.88 Å². The van der Waals surface area contributed by atoms with Gasteiger partial charge < -0.3 is 19.4 Å². The average Bonchev–Trinajstić information content (AvgIpc) is 2.84. The van der Waals surface area contributed by atoms with Crippen molar-refractivity contribution in [2.24, 2.45) is 0 Å². The van der Waals surface area contributed by atoms with E-state index in [2.05, 4.69) is 4.98 Å². The highest BCUT2D eigenvalue weighted by molar-refractivity contribution is 7.98. The van der Waals surface area contributed by atoms with E-state index in [0.717, 1.165) is 11.1 Å². The first-order chi connectivity index (χ1) is 11.5. The van der Waals surface area contributed by atoms with Gasteiger partial charge in [-0.3, -0.25) is 9.59 Å². The van der Waals surface area contributed by atoms with Crippen LogP contribution >= 0.6 is 11.8 Å². The number of pyridine rings is 1. The van der Waals surface area contributed by atoms with Gasteiger partial charge in [-0.1, -0.05) is 0 Å². The highest BCUT2D eigenvalue weighted by Gasteiger charge is 2.37. The Hall–Kier alpha value is -2.41. The van der Waals surface area contributed by atoms with Crippen LogP contribution in [-0.4, -0.2) is 43.3 Å². The minimum absolute atomic E-state index is 0.149. The number of hydrogen-bond acceptors (Lipinski definition) is 5. The summed E-state index contributed by atoms with van der Waals surface area (Å²) in [5.41, 5.74) is 2.25. The van der Waals surface area contributed by atoms with E-state index in [1.165, 1.54) is 6.07 Å². The third-order valence-corrected chi connectivity index (χ3v) is 5.13. The van der Waals surface area contributed by atoms with Gasteiger partial charge in [-0.05, 0) is 18.4 Å². The van der Waals surface area contributed by atoms with Crippen molar-refractivity contribution in [1.29, 1.82) is 0 Å². The second-order valence-electron chi connectivity index (χ2n) is 5.41. The van der Waals surface area contributed by atoms with Crippen LogP contribution in [0.2, 0.25) is 0 Å². The Morgan fingerprint density at radius 3 is 2.50 bits per heavy atom. The lowest BCUT2D eigenvalue weighted by atomic mass is 10.0. The first kappa shape index (κ1) is 16.4. The predicted octanol–water partition coefficient (Wildman–Crippen LogP) is 2.51. The maximum absolute atomic E-state index is 12.5. The molecule has 0 saturated heterocycles. The van der Waals surface area contributed by atoms with Crippen molar-refractivity contribution in [3.8, 4) is 22.8 Å². The maximum atomic E-state index is 12.5. The van der Waals surface area contributed by atoms with Crippen molar-refractivity contribution in [3.05, 3.63) is 45.7 Å². The molecule has 1 N–H and O–H groups in total. The Morgan fingerprint density at radius 2 is 1.88 bits per heavy atom. The zero-order chi connectivity index (χ0) is 17.4. The summed E-state index contributed by atoms with van der Waals surface area (Å²) >= 11 is 1.54. The summed E-state index contributed by atoms with van der Waals surface area (Å²) in [7, 11) is 4.87. The fourth-order valence-corrected chi connectivity index (χ4v) is 3.88. The number of nitrogens with one attached hydrogen (secondary N) is 1. The molecule has 126 valence electrons. The molecule has 1 unspecified atom stereocenters. The summed E-state index contributed by atoms with van der Waals surface area (Å²) in [5.74, 6) is 1.07. The van der Waals surface area contributed by atoms with Gasteiger partial charge in [0.15, 0.2) is 0 Å². The fraction of sp³-hybridized carbons (Fsp3) is 0.294. The number of H-pyrrole nitrogens is 1. The third kappa shape index (κ3) is 2.45. The molecular formula is C17H18N2O4S. The molecule has 1 aliphatic rings. The van der Waals surface area contributed by atoms with Crippen LogP contribution in [0.3, 0.4) is 0 Å². The number of thioether (sulfide) groups is 1. The molecule has 2 aromatic rings. The molecule has 1 aromatic carbocycles. The van der Waals surface area contributed by atoms with Crippen molar-refractivity contribution < 1.29 is 14.3 Å². The Kier molecular flexibility index (Phi) is 4.28. The summed E-state index contributed by atoms with van der Waals surface area (Å²) in [6, 6.07) is 6.74. The topological polar surface area (TPSA) is 71.6 Å². The number of amides is 1. The van der Waals surface area contributed by atoms with Gasteiger partial charge in [-0.25, -0.2) is 0 Å². The van der Waals surface area contributed by atoms with E-state index in [-0.39, 0.29) is 16.8 Å². The molecule has 1 aromatic heterocycles. The van der Waals surface area contributed by atoms with E-state index in [0.29, 0.717) is 22.8 Å². The molecule has 7 heteroatoms. The zero-order valence-corrected chi connectivity index (χ0v) is 14.7. The summed E-state index contributed by atoms with van der Waals surface area (Å²) in [6.07, 6.45) is 1.93. The number of aromatic amines is 1. The van der Waals surface area contributed by atoms with Crippen LogP contribution in [0.25, 0.3) is 11.3 Å². The van der Waals surface area contributed by atoms with Crippen LogP contribution in [0.1, 0.15) is 21.3 Å². The zero-order valence-electron chi connectivity index (χ0n) is 13.9. The van der Waals surface area contributed by atoms with E-state index >= 15 is 0 Å². The predicted molar refractivity (Wildman–Crippen MR) is 94.0 cm³/mol. The van der Waals surface area contributed by atoms with Crippen LogP contribution in [0.5, 0.6) is 11.5 Å². The van der Waals surface area contributed by atoms with E-state index in [9.17, 15) is 9.59 Å². The Morgan fingerprint density at radius 1 is 1.12 bits per heavy atom. The second kappa shape index (κ2) is 6.24. The molecule has 6 nitrogen and oxygen atoms in total. The first-order valence-electron chi connectivity index (χ1n) is 7.31. The molecular weight excluding hydrogens is 328 g/mol. The number of nitrogens with zero attached hydrogens (tertiary/aromatic N) is 1. The van der Waals surface area contributed by atoms with Gasteiger partial charge in [0.05, 0.1) is 25.5 Å². The summed E-state index contributed by atoms with van der Waals surface area (Å²) in [4.78, 5) is 29.1. The van der Waals surface area contributed by atoms with Crippen molar-refractivity contribution >= 4 is 17.7 Å². The van der Waals surface area contributed by atoms with E-state index in [1.54, 1.807) is 50.1 Å². The van der Waals surface area contributed by atoms with Gasteiger partial charge in [0.25, 0.3) is 5.91 Å². The minimum atomic E-state index is -0.315. The summed E-state index contributed by atoms with van der Waals surface area (Å²) in [5, 5.41) is -0.161. The van der Waals surface area contributed by atoms with Crippen LogP contribution in [-0.2, 0) is 0 Å². The van der Waals surface area contributed by atoms with Crippen molar-refractivity contribution in [3.63, 3.8) is 0 Å². The molecule has 24 heavy (non-hydrogen) atoms. The van der Waals surface area contributed by atoms with Gasteiger partial charge in [0, 0.05) is 30.3 Å². The number of carbonyl (C=O) groups is 1. The number of hydrogen-bond donors (Lipinski definition) is 1. The van der Waals surface area contributed by atoms with Crippen LogP contribution in [0.15, 0.2) is 29.1 Å². The van der Waals surface area contributed by atoms with Crippen LogP contribution in [0, 0.1) is 0 Å². The lowest BCUT2D eigenvalue weighted by Gasteiger charge is -2.20. The Balaban J connectivity index is 2.30. The lowest BCUT2D eigenvalue weighted by molar-refractivity contribution is 0.0813. The largest absolute Gasteiger partial charge is 0.497 e. The van der Waals surface area contributed by atoms with Gasteiger partial charge in [-0.15, -0.1) is 11.8 Å². The molecule has 0 saturated carbocycles. The maximum Gasteiger partial charge on any atom is 0.255 e. The quantitative estimate of drug-likeness (QED) is 0.921. The van der Waals surface area contributed by atoms with Gasteiger partial charge >= 0.3 is 0 Å². The average molecular weight is 346 g/mol. The molecule has 1 aliphatic heterocycles. The summed E-state index contributed by atoms with van der Waals surface area (Å²) in [6.45, 7) is 0. The molecule has 3 rings (SSSR count). The smallest absolute Gasteiger partial charge is 0.255 e. The van der Waals surface area contributed by atoms with E-state index in [4.69, 9.17) is 9.47 Å². The Labute approximate surface area is 143 Å². The Bertz CT molecular complexity index is 862. The molecule has 0 bridgehead atoms. The molecule has 0 radical (unpaired) electrons. The molecule has 0 fully saturated rings. The number of aromatic nitrogens is 1. The lowest BCUT2D eigenvalue weighted by Crippen LogP contribution is -2.21. The minimum Gasteiger partial charge on any atom is -0.497 e. The van der Waals surface area contributed by atoms with Crippen LogP contribution in [0.4, 0.5) is 0 Å². The SMILES string of the molecule is COc1ccc(-c2[nH]c(=O)cc3c2C(SC)N(C)C3=O)c(OC)c1. The highest BCUT2D eigenvalue weighted by Crippen LogP contribution is 2.45. The molecule has 0 aliphatic carbocycles. The van der Waals surface area contributed by atoms with Crippen molar-refractivity contribution in [2.75, 3.05) is 27.5 Å². The van der Waals surface area contributed by atoms with E-state index < -0.39 is 0 Å². The fourth-order valence-electron chi connectivity index (χ4n) is 2.99. The third-order valence-electron chi connectivity index (χ3n) is 4.13. The van der Waals surface area contributed by atoms with Gasteiger partial charge in [0.2, 0.25) is 5.56 Å².